The van der Waals surface area contributed by atoms with Crippen LogP contribution in [-0.4, -0.2) is 40.3 Å². The van der Waals surface area contributed by atoms with Crippen molar-refractivity contribution in [1.82, 2.24) is 15.3 Å². The van der Waals surface area contributed by atoms with Crippen LogP contribution in [0.4, 0.5) is 10.7 Å². The Morgan fingerprint density at radius 3 is 2.51 bits per heavy atom. The maximum atomic E-state index is 11.8. The summed E-state index contributed by atoms with van der Waals surface area (Å²) in [5.74, 6) is 0.403. The van der Waals surface area contributed by atoms with Crippen LogP contribution >= 0.6 is 0 Å². The molecule has 4 rings (SSSR count). The fraction of sp³-hybridized carbons (Fsp3) is 0.269. The summed E-state index contributed by atoms with van der Waals surface area (Å²) in [6.45, 7) is 0.993. The number of carbonyl (C=O) groups excluding carboxylic acids is 2. The minimum Gasteiger partial charge on any atom is -0.447 e. The highest BCUT2D eigenvalue weighted by Gasteiger charge is 2.22. The van der Waals surface area contributed by atoms with E-state index in [4.69, 9.17) is 15.9 Å². The third kappa shape index (κ3) is 7.10. The minimum atomic E-state index is -0.354. The van der Waals surface area contributed by atoms with Gasteiger partial charge < -0.3 is 21.1 Å². The number of hydrogen-bond acceptors (Lipinski definition) is 7. The van der Waals surface area contributed by atoms with Gasteiger partial charge in [0.2, 0.25) is 5.95 Å². The number of hydrogen-bond donors (Lipinski definition) is 4. The number of nitrogens with one attached hydrogen (secondary N) is 3. The van der Waals surface area contributed by atoms with Gasteiger partial charge in [0, 0.05) is 30.9 Å². The number of carbonyl (C=O) groups is 2. The summed E-state index contributed by atoms with van der Waals surface area (Å²) in [4.78, 5) is 31.8. The number of nitrogens with two attached hydrogens (primary N) is 1. The molecule has 9 nitrogen and oxygen atoms in total. The number of alkyl carbamates (subject to hydrolysis) is 1. The molecule has 0 spiro atoms. The van der Waals surface area contributed by atoms with Gasteiger partial charge in [0.05, 0.1) is 18.3 Å². The van der Waals surface area contributed by atoms with E-state index in [1.54, 1.807) is 12.4 Å². The summed E-state index contributed by atoms with van der Waals surface area (Å²) in [6, 6.07) is 16.1. The number of Topliss-reactive ketones (excluding diaryl/α,β-unsaturated/α-hetero) is 1. The number of cyclic esters (lactones) is 1. The molecule has 1 aliphatic heterocycles. The molecule has 0 saturated carbocycles. The molecule has 5 N–H and O–H groups in total. The molecular formula is C26H28N6O3. The molecule has 3 aromatic rings. The van der Waals surface area contributed by atoms with Crippen molar-refractivity contribution in [2.75, 3.05) is 11.9 Å². The molecular weight excluding hydrogens is 444 g/mol. The molecule has 2 heterocycles. The minimum absolute atomic E-state index is 0.00166. The molecule has 0 aliphatic carbocycles. The van der Waals surface area contributed by atoms with Gasteiger partial charge in [0.25, 0.3) is 0 Å². The molecule has 1 aromatic heterocycles. The van der Waals surface area contributed by atoms with E-state index in [0.29, 0.717) is 31.9 Å². The third-order valence-electron chi connectivity index (χ3n) is 5.69. The lowest BCUT2D eigenvalue weighted by Gasteiger charge is -2.09. The Kier molecular flexibility index (Phi) is 7.67. The molecule has 35 heavy (non-hydrogen) atoms. The second-order valence-electron chi connectivity index (χ2n) is 8.55. The van der Waals surface area contributed by atoms with Crippen LogP contribution < -0.4 is 16.4 Å². The molecule has 0 radical (unpaired) electrons. The van der Waals surface area contributed by atoms with Gasteiger partial charge in [-0.25, -0.2) is 14.8 Å². The monoisotopic (exact) mass is 472 g/mol. The van der Waals surface area contributed by atoms with Crippen molar-refractivity contribution in [2.24, 2.45) is 5.73 Å². The number of amides is 1. The first-order valence-corrected chi connectivity index (χ1v) is 11.5. The van der Waals surface area contributed by atoms with Crippen LogP contribution in [0.25, 0.3) is 11.1 Å². The van der Waals surface area contributed by atoms with E-state index >= 15 is 0 Å². The fourth-order valence-corrected chi connectivity index (χ4v) is 3.85. The average Bonchev–Trinajstić information content (AvgIpc) is 3.27. The fourth-order valence-electron chi connectivity index (χ4n) is 3.85. The number of aryl methyl sites for hydroxylation is 1. The molecule has 2 aromatic carbocycles. The van der Waals surface area contributed by atoms with Crippen molar-refractivity contribution in [1.29, 1.82) is 5.41 Å². The smallest absolute Gasteiger partial charge is 0.407 e. The van der Waals surface area contributed by atoms with E-state index in [0.717, 1.165) is 34.2 Å². The lowest BCUT2D eigenvalue weighted by atomic mass is 10.0. The van der Waals surface area contributed by atoms with Crippen LogP contribution in [0, 0.1) is 5.41 Å². The molecule has 180 valence electrons. The third-order valence-corrected chi connectivity index (χ3v) is 5.69. The first kappa shape index (κ1) is 23.9. The zero-order valence-corrected chi connectivity index (χ0v) is 19.3. The van der Waals surface area contributed by atoms with E-state index in [1.165, 1.54) is 0 Å². The number of aromatic nitrogens is 2. The highest BCUT2D eigenvalue weighted by molar-refractivity contribution is 5.98. The number of anilines is 1. The summed E-state index contributed by atoms with van der Waals surface area (Å²) in [7, 11) is 0. The number of nitrogens with zero attached hydrogens (tertiary/aromatic N) is 2. The number of rotatable bonds is 11. The maximum absolute atomic E-state index is 11.8. The van der Waals surface area contributed by atoms with E-state index < -0.39 is 0 Å². The Bertz CT molecular complexity index is 1190. The number of benzene rings is 2. The van der Waals surface area contributed by atoms with Gasteiger partial charge in [-0.05, 0) is 35.1 Å². The quantitative estimate of drug-likeness (QED) is 0.248. The summed E-state index contributed by atoms with van der Waals surface area (Å²) in [5.41, 5.74) is 10.4. The highest BCUT2D eigenvalue weighted by atomic mass is 16.6. The topological polar surface area (TPSA) is 143 Å². The zero-order chi connectivity index (χ0) is 24.6. The van der Waals surface area contributed by atoms with Gasteiger partial charge in [-0.3, -0.25) is 10.2 Å². The van der Waals surface area contributed by atoms with E-state index in [2.05, 4.69) is 20.6 Å². The zero-order valence-electron chi connectivity index (χ0n) is 19.3. The lowest BCUT2D eigenvalue weighted by molar-refractivity contribution is -0.117. The molecule has 1 saturated heterocycles. The molecule has 1 fully saturated rings. The highest BCUT2D eigenvalue weighted by Crippen LogP contribution is 2.21. The van der Waals surface area contributed by atoms with Crippen molar-refractivity contribution < 1.29 is 14.3 Å². The second-order valence-corrected chi connectivity index (χ2v) is 8.55. The maximum Gasteiger partial charge on any atom is 0.407 e. The lowest BCUT2D eigenvalue weighted by Crippen LogP contribution is -2.28. The predicted molar refractivity (Wildman–Crippen MR) is 133 cm³/mol. The number of ether oxygens (including phenoxy) is 1. The van der Waals surface area contributed by atoms with Crippen LogP contribution in [0.2, 0.25) is 0 Å². The van der Waals surface area contributed by atoms with Crippen LogP contribution in [0.3, 0.4) is 0 Å². The van der Waals surface area contributed by atoms with Gasteiger partial charge in [0.1, 0.15) is 12.4 Å². The van der Waals surface area contributed by atoms with Crippen LogP contribution in [0.5, 0.6) is 0 Å². The molecule has 1 amide bonds. The second kappa shape index (κ2) is 11.2. The van der Waals surface area contributed by atoms with Gasteiger partial charge in [-0.2, -0.15) is 0 Å². The van der Waals surface area contributed by atoms with Crippen LogP contribution in [0.15, 0.2) is 60.9 Å². The van der Waals surface area contributed by atoms with Crippen LogP contribution in [-0.2, 0) is 28.9 Å². The van der Waals surface area contributed by atoms with Gasteiger partial charge >= 0.3 is 6.09 Å². The Morgan fingerprint density at radius 2 is 1.83 bits per heavy atom. The summed E-state index contributed by atoms with van der Waals surface area (Å²) in [5, 5.41) is 13.2. The van der Waals surface area contributed by atoms with Crippen molar-refractivity contribution >= 4 is 23.7 Å². The average molecular weight is 473 g/mol. The summed E-state index contributed by atoms with van der Waals surface area (Å²) in [6.07, 6.45) is 4.89. The SMILES string of the molecule is N=C(N)CC(=O)CCc1cccc(-c2cnc(NCc3ccc(C[C@@H]4COC(=O)N4)cc3)nc2)c1. The van der Waals surface area contributed by atoms with E-state index in [1.807, 2.05) is 48.5 Å². The molecule has 0 unspecified atom stereocenters. The van der Waals surface area contributed by atoms with Gasteiger partial charge in [-0.15, -0.1) is 0 Å². The molecule has 0 bridgehead atoms. The van der Waals surface area contributed by atoms with Crippen LogP contribution in [0.1, 0.15) is 29.5 Å². The Balaban J connectivity index is 1.28. The van der Waals surface area contributed by atoms with E-state index in [9.17, 15) is 9.59 Å². The van der Waals surface area contributed by atoms with Crippen molar-refractivity contribution in [3.63, 3.8) is 0 Å². The largest absolute Gasteiger partial charge is 0.447 e. The summed E-state index contributed by atoms with van der Waals surface area (Å²) >= 11 is 0. The van der Waals surface area contributed by atoms with E-state index in [-0.39, 0.29) is 30.2 Å². The molecule has 1 atom stereocenters. The molecule has 1 aliphatic rings. The normalized spacial score (nSPS) is 14.7. The first-order chi connectivity index (χ1) is 16.9. The Hall–Kier alpha value is -4.27. The summed E-state index contributed by atoms with van der Waals surface area (Å²) < 4.78 is 4.93. The number of ketones is 1. The van der Waals surface area contributed by atoms with Gasteiger partial charge in [0.15, 0.2) is 0 Å². The van der Waals surface area contributed by atoms with Crippen molar-refractivity contribution in [2.45, 2.75) is 38.3 Å². The first-order valence-electron chi connectivity index (χ1n) is 11.5. The standard InChI is InChI=1S/C26H28N6O3/c27-24(28)12-23(33)9-8-17-2-1-3-20(10-17)21-14-30-25(31-15-21)29-13-19-6-4-18(5-7-19)11-22-16-35-26(34)32-22/h1-7,10,14-15,22H,8-9,11-13,16H2,(H3,27,28)(H,32,34)(H,29,30,31)/t22-/m1/s1. The van der Waals surface area contributed by atoms with Gasteiger partial charge in [-0.1, -0.05) is 48.5 Å². The predicted octanol–water partition coefficient (Wildman–Crippen LogP) is 3.23. The number of amidine groups is 1. The Morgan fingerprint density at radius 1 is 1.09 bits per heavy atom. The molecule has 9 heteroatoms. The Labute approximate surface area is 203 Å². The van der Waals surface area contributed by atoms with Crippen molar-refractivity contribution in [3.05, 3.63) is 77.6 Å². The van der Waals surface area contributed by atoms with Crippen molar-refractivity contribution in [3.8, 4) is 11.1 Å².